The smallest absolute Gasteiger partial charge is 0.0896 e. The number of nitrogens with zero attached hydrogens (tertiary/aromatic N) is 1. The van der Waals surface area contributed by atoms with Gasteiger partial charge in [0.2, 0.25) is 0 Å². The largest absolute Gasteiger partial charge is 0.390 e. The van der Waals surface area contributed by atoms with Crippen molar-refractivity contribution in [2.45, 2.75) is 51.4 Å². The van der Waals surface area contributed by atoms with E-state index in [9.17, 15) is 5.11 Å². The monoisotopic (exact) mass is 275 g/mol. The highest BCUT2D eigenvalue weighted by Gasteiger charge is 2.53. The van der Waals surface area contributed by atoms with E-state index in [2.05, 4.69) is 32.1 Å². The fourth-order valence-corrected chi connectivity index (χ4v) is 3.32. The Morgan fingerprint density at radius 2 is 1.83 bits per heavy atom. The topological polar surface area (TPSA) is 32.7 Å². The third-order valence-electron chi connectivity index (χ3n) is 3.91. The highest BCUT2D eigenvalue weighted by molar-refractivity contribution is 7.98. The van der Waals surface area contributed by atoms with Crippen molar-refractivity contribution in [2.75, 3.05) is 32.1 Å². The SMILES string of the molecule is CSCCCN(C)CC1C(O)C(C)(C)OC1(C)C. The molecule has 0 amide bonds. The Hall–Kier alpha value is 0.230. The van der Waals surface area contributed by atoms with E-state index >= 15 is 0 Å². The standard InChI is InChI=1S/C14H29NO2S/c1-13(2)11(12(16)14(3,4)17-13)10-15(5)8-7-9-18-6/h11-12,16H,7-10H2,1-6H3. The average Bonchev–Trinajstić information content (AvgIpc) is 2.37. The number of aliphatic hydroxyl groups is 1. The predicted molar refractivity (Wildman–Crippen MR) is 79.2 cm³/mol. The molecule has 1 fully saturated rings. The molecule has 1 saturated heterocycles. The Bertz CT molecular complexity index is 269. The molecule has 1 N–H and O–H groups in total. The van der Waals surface area contributed by atoms with Crippen LogP contribution >= 0.6 is 11.8 Å². The van der Waals surface area contributed by atoms with Crippen molar-refractivity contribution in [3.63, 3.8) is 0 Å². The molecule has 0 aromatic heterocycles. The van der Waals surface area contributed by atoms with Crippen molar-refractivity contribution in [1.82, 2.24) is 4.90 Å². The quantitative estimate of drug-likeness (QED) is 0.754. The maximum Gasteiger partial charge on any atom is 0.0896 e. The average molecular weight is 275 g/mol. The molecule has 0 radical (unpaired) electrons. The van der Waals surface area contributed by atoms with E-state index in [1.165, 1.54) is 12.2 Å². The third-order valence-corrected chi connectivity index (χ3v) is 4.61. The highest BCUT2D eigenvalue weighted by Crippen LogP contribution is 2.42. The van der Waals surface area contributed by atoms with Crippen LogP contribution < -0.4 is 0 Å². The minimum absolute atomic E-state index is 0.173. The number of hydrogen-bond donors (Lipinski definition) is 1. The van der Waals surface area contributed by atoms with Crippen LogP contribution in [0.5, 0.6) is 0 Å². The Morgan fingerprint density at radius 3 is 2.28 bits per heavy atom. The van der Waals surface area contributed by atoms with Gasteiger partial charge in [0.1, 0.15) is 0 Å². The summed E-state index contributed by atoms with van der Waals surface area (Å²) < 4.78 is 6.01. The van der Waals surface area contributed by atoms with Crippen molar-refractivity contribution >= 4 is 11.8 Å². The lowest BCUT2D eigenvalue weighted by molar-refractivity contribution is -0.0912. The number of ether oxygens (including phenoxy) is 1. The summed E-state index contributed by atoms with van der Waals surface area (Å²) in [4.78, 5) is 2.32. The van der Waals surface area contributed by atoms with Crippen molar-refractivity contribution in [2.24, 2.45) is 5.92 Å². The van der Waals surface area contributed by atoms with Gasteiger partial charge in [-0.05, 0) is 59.7 Å². The Labute approximate surface area is 116 Å². The number of thioether (sulfide) groups is 1. The Morgan fingerprint density at radius 1 is 1.22 bits per heavy atom. The zero-order valence-electron chi connectivity index (χ0n) is 12.7. The maximum absolute atomic E-state index is 10.4. The van der Waals surface area contributed by atoms with Gasteiger partial charge in [0.15, 0.2) is 0 Å². The van der Waals surface area contributed by atoms with Crippen LogP contribution in [0.15, 0.2) is 0 Å². The summed E-state index contributed by atoms with van der Waals surface area (Å²) in [6.07, 6.45) is 2.95. The first-order valence-corrected chi connectivity index (χ1v) is 8.16. The van der Waals surface area contributed by atoms with Gasteiger partial charge >= 0.3 is 0 Å². The number of hydrogen-bond acceptors (Lipinski definition) is 4. The zero-order chi connectivity index (χ0) is 14.0. The molecule has 108 valence electrons. The molecule has 4 heteroatoms. The normalized spacial score (nSPS) is 30.0. The molecule has 1 rings (SSSR count). The van der Waals surface area contributed by atoms with Crippen LogP contribution in [0.25, 0.3) is 0 Å². The molecule has 1 aliphatic rings. The lowest BCUT2D eigenvalue weighted by Gasteiger charge is -2.30. The van der Waals surface area contributed by atoms with Crippen LogP contribution in [0, 0.1) is 5.92 Å². The van der Waals surface area contributed by atoms with Crippen LogP contribution in [0.3, 0.4) is 0 Å². The van der Waals surface area contributed by atoms with Crippen LogP contribution in [-0.2, 0) is 4.74 Å². The van der Waals surface area contributed by atoms with E-state index in [4.69, 9.17) is 4.74 Å². The second-order valence-electron chi connectivity index (χ2n) is 6.47. The van der Waals surface area contributed by atoms with Crippen LogP contribution in [-0.4, -0.2) is 59.5 Å². The molecule has 1 aliphatic heterocycles. The van der Waals surface area contributed by atoms with E-state index in [0.29, 0.717) is 0 Å². The van der Waals surface area contributed by atoms with Crippen LogP contribution in [0.4, 0.5) is 0 Å². The summed E-state index contributed by atoms with van der Waals surface area (Å²) >= 11 is 1.89. The van der Waals surface area contributed by atoms with Gasteiger partial charge < -0.3 is 14.7 Å². The van der Waals surface area contributed by atoms with Gasteiger partial charge in [-0.1, -0.05) is 0 Å². The number of rotatable bonds is 6. The van der Waals surface area contributed by atoms with Crippen molar-refractivity contribution < 1.29 is 9.84 Å². The highest BCUT2D eigenvalue weighted by atomic mass is 32.2. The van der Waals surface area contributed by atoms with Crippen molar-refractivity contribution in [3.05, 3.63) is 0 Å². The second-order valence-corrected chi connectivity index (χ2v) is 7.45. The molecular weight excluding hydrogens is 246 g/mol. The van der Waals surface area contributed by atoms with E-state index in [-0.39, 0.29) is 11.5 Å². The fraction of sp³-hybridized carbons (Fsp3) is 1.00. The Balaban J connectivity index is 2.54. The van der Waals surface area contributed by atoms with Gasteiger partial charge in [0.05, 0.1) is 17.3 Å². The summed E-state index contributed by atoms with van der Waals surface area (Å²) in [6, 6.07) is 0. The minimum atomic E-state index is -0.436. The first-order valence-electron chi connectivity index (χ1n) is 6.76. The summed E-state index contributed by atoms with van der Waals surface area (Å²) in [6.45, 7) is 10.1. The van der Waals surface area contributed by atoms with Crippen LogP contribution in [0.2, 0.25) is 0 Å². The molecular formula is C14H29NO2S. The van der Waals surface area contributed by atoms with Gasteiger partial charge in [0.25, 0.3) is 0 Å². The van der Waals surface area contributed by atoms with Crippen molar-refractivity contribution in [3.8, 4) is 0 Å². The summed E-state index contributed by atoms with van der Waals surface area (Å²) in [7, 11) is 2.13. The third kappa shape index (κ3) is 3.86. The molecule has 0 bridgehead atoms. The van der Waals surface area contributed by atoms with E-state index in [1.54, 1.807) is 0 Å². The Kier molecular flexibility index (Phi) is 5.54. The predicted octanol–water partition coefficient (Wildman–Crippen LogP) is 2.24. The molecule has 3 nitrogen and oxygen atoms in total. The molecule has 0 aromatic carbocycles. The minimum Gasteiger partial charge on any atom is -0.390 e. The lowest BCUT2D eigenvalue weighted by atomic mass is 9.84. The summed E-state index contributed by atoms with van der Waals surface area (Å²) in [5, 5.41) is 10.4. The van der Waals surface area contributed by atoms with Gasteiger partial charge in [-0.2, -0.15) is 11.8 Å². The molecule has 2 unspecified atom stereocenters. The maximum atomic E-state index is 10.4. The van der Waals surface area contributed by atoms with E-state index in [1.807, 2.05) is 25.6 Å². The first-order chi connectivity index (χ1) is 8.20. The summed E-state index contributed by atoms with van der Waals surface area (Å²) in [5.41, 5.74) is -0.690. The summed E-state index contributed by atoms with van der Waals surface area (Å²) in [5.74, 6) is 1.37. The van der Waals surface area contributed by atoms with Gasteiger partial charge in [0, 0.05) is 12.5 Å². The van der Waals surface area contributed by atoms with E-state index in [0.717, 1.165) is 13.1 Å². The molecule has 0 spiro atoms. The van der Waals surface area contributed by atoms with Gasteiger partial charge in [-0.25, -0.2) is 0 Å². The van der Waals surface area contributed by atoms with Crippen LogP contribution in [0.1, 0.15) is 34.1 Å². The zero-order valence-corrected chi connectivity index (χ0v) is 13.5. The van der Waals surface area contributed by atoms with Gasteiger partial charge in [-0.15, -0.1) is 0 Å². The molecule has 1 heterocycles. The van der Waals surface area contributed by atoms with Crippen molar-refractivity contribution in [1.29, 1.82) is 0 Å². The molecule has 18 heavy (non-hydrogen) atoms. The number of aliphatic hydroxyl groups excluding tert-OH is 1. The molecule has 0 aromatic rings. The molecule has 0 saturated carbocycles. The molecule has 0 aliphatic carbocycles. The first kappa shape index (κ1) is 16.3. The fourth-order valence-electron chi connectivity index (χ4n) is 2.90. The second kappa shape index (κ2) is 6.12. The lowest BCUT2D eigenvalue weighted by Crippen LogP contribution is -2.42. The van der Waals surface area contributed by atoms with Gasteiger partial charge in [-0.3, -0.25) is 0 Å². The van der Waals surface area contributed by atoms with E-state index < -0.39 is 11.7 Å². The molecule has 2 atom stereocenters.